The Hall–Kier alpha value is -3.17. The van der Waals surface area contributed by atoms with Crippen LogP contribution in [0.3, 0.4) is 0 Å². The van der Waals surface area contributed by atoms with E-state index in [4.69, 9.17) is 14.2 Å². The molecule has 0 amide bonds. The summed E-state index contributed by atoms with van der Waals surface area (Å²) in [5, 5.41) is 10.6. The van der Waals surface area contributed by atoms with Crippen LogP contribution >= 0.6 is 49.9 Å². The molecule has 1 N–H and O–H groups in total. The minimum absolute atomic E-state index is 0.0449. The summed E-state index contributed by atoms with van der Waals surface area (Å²) < 4.78 is 24.5. The first-order valence-electron chi connectivity index (χ1n) is 12.4. The van der Waals surface area contributed by atoms with Crippen molar-refractivity contribution in [2.45, 2.75) is 26.8 Å². The van der Waals surface area contributed by atoms with Crippen LogP contribution in [0.2, 0.25) is 0 Å². The molecule has 4 rings (SSSR count). The number of carbonyl (C=O) groups excluding carboxylic acids is 2. The van der Waals surface area contributed by atoms with Gasteiger partial charge in [0.25, 0.3) is 5.56 Å². The summed E-state index contributed by atoms with van der Waals surface area (Å²) in [6, 6.07) is 7.55. The van der Waals surface area contributed by atoms with Gasteiger partial charge in [0.1, 0.15) is 5.75 Å². The van der Waals surface area contributed by atoms with Gasteiger partial charge >= 0.3 is 11.9 Å². The third-order valence-corrected chi connectivity index (χ3v) is 8.28. The lowest BCUT2D eigenvalue weighted by molar-refractivity contribution is -0.143. The summed E-state index contributed by atoms with van der Waals surface area (Å²) in [4.78, 5) is 43.7. The maximum absolute atomic E-state index is 13.9. The van der Waals surface area contributed by atoms with Gasteiger partial charge in [0.05, 0.1) is 45.7 Å². The zero-order valence-corrected chi connectivity index (χ0v) is 27.1. The number of nitrogens with zero attached hydrogens (tertiary/aromatic N) is 2. The van der Waals surface area contributed by atoms with E-state index in [0.717, 1.165) is 15.8 Å². The van der Waals surface area contributed by atoms with Crippen LogP contribution in [0.5, 0.6) is 17.2 Å². The molecule has 0 aliphatic carbocycles. The number of ether oxygens (including phenoxy) is 4. The van der Waals surface area contributed by atoms with Crippen molar-refractivity contribution in [3.05, 3.63) is 80.5 Å². The van der Waals surface area contributed by atoms with Crippen molar-refractivity contribution < 1.29 is 33.6 Å². The predicted molar refractivity (Wildman–Crippen MR) is 164 cm³/mol. The van der Waals surface area contributed by atoms with Crippen molar-refractivity contribution >= 4 is 67.9 Å². The number of phenolic OH excluding ortho intramolecular Hbond substituents is 1. The molecule has 0 spiro atoms. The SMILES string of the molecule is CCOC(=O)C1=C(C)N=c2s/c(=C/c3cc(Br)cc(I)c3O)c(=O)n2[C@H]1c1ccc(OCC(=O)OC)c(OCC)c1. The maximum Gasteiger partial charge on any atom is 0.343 e. The van der Waals surface area contributed by atoms with E-state index < -0.39 is 23.5 Å². The average Bonchev–Trinajstić information content (AvgIpc) is 3.23. The minimum Gasteiger partial charge on any atom is -0.506 e. The van der Waals surface area contributed by atoms with Gasteiger partial charge in [-0.15, -0.1) is 0 Å². The standard InChI is InChI=1S/C28H26BrIN2O8S/c1-5-38-20-10-15(7-8-19(20)40-13-22(33)37-4)24-23(27(36)39-6-2)14(3)31-28-32(24)26(35)21(41-28)11-16-9-17(29)12-18(30)25(16)34/h7-12,24,34H,5-6,13H2,1-4H3/b21-11+/t24-/m0/s1. The van der Waals surface area contributed by atoms with E-state index >= 15 is 0 Å². The first kappa shape index (κ1) is 30.8. The van der Waals surface area contributed by atoms with Gasteiger partial charge in [0, 0.05) is 10.0 Å². The number of hydrogen-bond acceptors (Lipinski definition) is 10. The van der Waals surface area contributed by atoms with Gasteiger partial charge < -0.3 is 24.1 Å². The van der Waals surface area contributed by atoms with Crippen LogP contribution in [0.1, 0.15) is 37.9 Å². The molecule has 0 radical (unpaired) electrons. The van der Waals surface area contributed by atoms with E-state index in [9.17, 15) is 19.5 Å². The summed E-state index contributed by atoms with van der Waals surface area (Å²) in [5.74, 6) is -0.494. The van der Waals surface area contributed by atoms with Crippen LogP contribution in [0, 0.1) is 3.57 Å². The van der Waals surface area contributed by atoms with Crippen molar-refractivity contribution in [2.24, 2.45) is 4.99 Å². The van der Waals surface area contributed by atoms with Gasteiger partial charge in [-0.1, -0.05) is 33.3 Å². The molecule has 41 heavy (non-hydrogen) atoms. The lowest BCUT2D eigenvalue weighted by Crippen LogP contribution is -2.40. The summed E-state index contributed by atoms with van der Waals surface area (Å²) in [7, 11) is 1.26. The number of fused-ring (bicyclic) bond motifs is 1. The van der Waals surface area contributed by atoms with E-state index in [1.54, 1.807) is 57.2 Å². The van der Waals surface area contributed by atoms with Gasteiger partial charge in [0.2, 0.25) is 0 Å². The molecule has 1 aromatic heterocycles. The summed E-state index contributed by atoms with van der Waals surface area (Å²) in [6.45, 7) is 5.31. The number of aromatic nitrogens is 1. The number of benzene rings is 2. The van der Waals surface area contributed by atoms with Gasteiger partial charge in [-0.2, -0.15) is 0 Å². The van der Waals surface area contributed by atoms with Gasteiger partial charge in [-0.3, -0.25) is 9.36 Å². The number of thiazole rings is 1. The number of esters is 2. The molecule has 2 aromatic carbocycles. The second-order valence-corrected chi connectivity index (χ2v) is 11.7. The van der Waals surface area contributed by atoms with Crippen molar-refractivity contribution in [2.75, 3.05) is 26.9 Å². The molecular weight excluding hydrogens is 731 g/mol. The van der Waals surface area contributed by atoms with E-state index in [1.807, 2.05) is 22.6 Å². The largest absolute Gasteiger partial charge is 0.506 e. The molecule has 1 aliphatic rings. The normalized spacial score (nSPS) is 14.8. The molecule has 0 fully saturated rings. The number of phenols is 1. The van der Waals surface area contributed by atoms with Gasteiger partial charge in [0.15, 0.2) is 22.9 Å². The predicted octanol–water partition coefficient (Wildman–Crippen LogP) is 3.82. The molecule has 0 saturated carbocycles. The summed E-state index contributed by atoms with van der Waals surface area (Å²) in [5.41, 5.74) is 1.22. The number of halogens is 2. The van der Waals surface area contributed by atoms with Crippen LogP contribution in [-0.4, -0.2) is 48.5 Å². The Morgan fingerprint density at radius 1 is 1.17 bits per heavy atom. The highest BCUT2D eigenvalue weighted by Gasteiger charge is 2.34. The molecule has 0 saturated heterocycles. The Kier molecular flexibility index (Phi) is 9.92. The number of methoxy groups -OCH3 is 1. The summed E-state index contributed by atoms with van der Waals surface area (Å²) >= 11 is 6.59. The van der Waals surface area contributed by atoms with E-state index in [1.165, 1.54) is 11.7 Å². The van der Waals surface area contributed by atoms with Crippen molar-refractivity contribution in [3.8, 4) is 17.2 Å². The molecule has 3 aromatic rings. The number of rotatable bonds is 9. The first-order valence-corrected chi connectivity index (χ1v) is 15.1. The molecule has 2 heterocycles. The number of hydrogen-bond donors (Lipinski definition) is 1. The zero-order chi connectivity index (χ0) is 29.8. The number of carbonyl (C=O) groups is 2. The summed E-state index contributed by atoms with van der Waals surface area (Å²) in [6.07, 6.45) is 1.60. The smallest absolute Gasteiger partial charge is 0.343 e. The number of aromatic hydroxyl groups is 1. The molecule has 1 atom stereocenters. The second kappa shape index (κ2) is 13.2. The third kappa shape index (κ3) is 6.51. The van der Waals surface area contributed by atoms with Gasteiger partial charge in [-0.25, -0.2) is 14.6 Å². The third-order valence-electron chi connectivity index (χ3n) is 6.02. The Bertz CT molecular complexity index is 1730. The number of allylic oxidation sites excluding steroid dienone is 1. The molecule has 13 heteroatoms. The Morgan fingerprint density at radius 2 is 1.93 bits per heavy atom. The molecule has 0 bridgehead atoms. The average molecular weight is 757 g/mol. The van der Waals surface area contributed by atoms with E-state index in [-0.39, 0.29) is 24.5 Å². The zero-order valence-electron chi connectivity index (χ0n) is 22.5. The fourth-order valence-electron chi connectivity index (χ4n) is 4.22. The second-order valence-electron chi connectivity index (χ2n) is 8.63. The van der Waals surface area contributed by atoms with Crippen LogP contribution in [-0.2, 0) is 19.1 Å². The lowest BCUT2D eigenvalue weighted by atomic mass is 9.95. The maximum atomic E-state index is 13.9. The Labute approximate surface area is 261 Å². The molecule has 216 valence electrons. The first-order chi connectivity index (χ1) is 19.6. The highest BCUT2D eigenvalue weighted by atomic mass is 127. The van der Waals surface area contributed by atoms with Crippen LogP contribution in [0.15, 0.2) is 55.9 Å². The lowest BCUT2D eigenvalue weighted by Gasteiger charge is -2.25. The highest BCUT2D eigenvalue weighted by Crippen LogP contribution is 2.36. The van der Waals surface area contributed by atoms with Gasteiger partial charge in [-0.05, 0) is 79.3 Å². The molecule has 0 unspecified atom stereocenters. The topological polar surface area (TPSA) is 126 Å². The van der Waals surface area contributed by atoms with Crippen LogP contribution in [0.25, 0.3) is 6.08 Å². The quantitative estimate of drug-likeness (QED) is 0.258. The molecular formula is C28H26BrIN2O8S. The highest BCUT2D eigenvalue weighted by molar-refractivity contribution is 14.1. The van der Waals surface area contributed by atoms with Crippen molar-refractivity contribution in [3.63, 3.8) is 0 Å². The minimum atomic E-state index is -0.891. The van der Waals surface area contributed by atoms with Crippen LogP contribution in [0.4, 0.5) is 0 Å². The van der Waals surface area contributed by atoms with E-state index in [2.05, 4.69) is 25.7 Å². The Morgan fingerprint density at radius 3 is 2.61 bits per heavy atom. The monoisotopic (exact) mass is 756 g/mol. The fraction of sp³-hybridized carbons (Fsp3) is 0.286. The molecule has 1 aliphatic heterocycles. The fourth-order valence-corrected chi connectivity index (χ4v) is 6.81. The van der Waals surface area contributed by atoms with Crippen molar-refractivity contribution in [1.29, 1.82) is 0 Å². The van der Waals surface area contributed by atoms with E-state index in [0.29, 0.717) is 47.8 Å². The molecule has 10 nitrogen and oxygen atoms in total. The van der Waals surface area contributed by atoms with Crippen molar-refractivity contribution in [1.82, 2.24) is 4.57 Å². The Balaban J connectivity index is 1.93. The van der Waals surface area contributed by atoms with Crippen LogP contribution < -0.4 is 24.4 Å².